The van der Waals surface area contributed by atoms with Gasteiger partial charge >= 0.3 is 0 Å². The van der Waals surface area contributed by atoms with Crippen molar-refractivity contribution in [2.75, 3.05) is 6.26 Å². The summed E-state index contributed by atoms with van der Waals surface area (Å²) in [7, 11) is 0. The SMILES string of the molecule is C=C1C=C(SC)CCC1. The van der Waals surface area contributed by atoms with Crippen LogP contribution < -0.4 is 0 Å². The molecular weight excluding hydrogens is 128 g/mol. The van der Waals surface area contributed by atoms with Crippen LogP contribution in [0.4, 0.5) is 0 Å². The maximum atomic E-state index is 3.92. The molecule has 0 fully saturated rings. The summed E-state index contributed by atoms with van der Waals surface area (Å²) in [5.41, 5.74) is 1.30. The van der Waals surface area contributed by atoms with Crippen LogP contribution in [0.25, 0.3) is 0 Å². The molecule has 1 aliphatic rings. The zero-order valence-electron chi connectivity index (χ0n) is 5.81. The molecular formula is C8H12S. The lowest BCUT2D eigenvalue weighted by molar-refractivity contribution is 0.815. The van der Waals surface area contributed by atoms with Crippen molar-refractivity contribution < 1.29 is 0 Å². The topological polar surface area (TPSA) is 0 Å². The van der Waals surface area contributed by atoms with Crippen LogP contribution in [-0.2, 0) is 0 Å². The molecule has 0 bridgehead atoms. The number of hydrogen-bond acceptors (Lipinski definition) is 1. The third-order valence-corrected chi connectivity index (χ3v) is 2.39. The largest absolute Gasteiger partial charge is 0.134 e. The number of thioether (sulfide) groups is 1. The van der Waals surface area contributed by atoms with Gasteiger partial charge in [0.15, 0.2) is 0 Å². The Morgan fingerprint density at radius 1 is 1.56 bits per heavy atom. The van der Waals surface area contributed by atoms with Crippen molar-refractivity contribution in [2.24, 2.45) is 0 Å². The molecule has 50 valence electrons. The summed E-state index contributed by atoms with van der Waals surface area (Å²) in [6, 6.07) is 0. The van der Waals surface area contributed by atoms with Gasteiger partial charge in [0.1, 0.15) is 0 Å². The minimum Gasteiger partial charge on any atom is -0.134 e. The van der Waals surface area contributed by atoms with E-state index in [9.17, 15) is 0 Å². The Bertz CT molecular complexity index is 145. The average Bonchev–Trinajstić information content (AvgIpc) is 1.88. The van der Waals surface area contributed by atoms with Gasteiger partial charge in [0.05, 0.1) is 0 Å². The quantitative estimate of drug-likeness (QED) is 0.539. The second kappa shape index (κ2) is 3.11. The Morgan fingerprint density at radius 3 is 2.78 bits per heavy atom. The molecule has 0 unspecified atom stereocenters. The van der Waals surface area contributed by atoms with Crippen LogP contribution in [0.5, 0.6) is 0 Å². The standard InChI is InChI=1S/C8H12S/c1-7-4-3-5-8(6-7)9-2/h6H,1,3-5H2,2H3. The zero-order chi connectivity index (χ0) is 6.69. The molecule has 1 heteroatoms. The molecule has 0 spiro atoms. The highest BCUT2D eigenvalue weighted by Crippen LogP contribution is 2.27. The van der Waals surface area contributed by atoms with Gasteiger partial charge in [-0.05, 0) is 30.4 Å². The highest BCUT2D eigenvalue weighted by molar-refractivity contribution is 8.02. The van der Waals surface area contributed by atoms with E-state index in [1.807, 2.05) is 11.8 Å². The summed E-state index contributed by atoms with van der Waals surface area (Å²) < 4.78 is 0. The molecule has 1 rings (SSSR count). The highest BCUT2D eigenvalue weighted by Gasteiger charge is 2.03. The fourth-order valence-electron chi connectivity index (χ4n) is 1.02. The van der Waals surface area contributed by atoms with E-state index in [0.717, 1.165) is 0 Å². The monoisotopic (exact) mass is 140 g/mol. The summed E-state index contributed by atoms with van der Waals surface area (Å²) in [4.78, 5) is 1.49. The first-order valence-electron chi connectivity index (χ1n) is 3.25. The van der Waals surface area contributed by atoms with Gasteiger partial charge in [-0.25, -0.2) is 0 Å². The van der Waals surface area contributed by atoms with Crippen LogP contribution in [0.1, 0.15) is 19.3 Å². The van der Waals surface area contributed by atoms with Gasteiger partial charge < -0.3 is 0 Å². The van der Waals surface area contributed by atoms with Crippen LogP contribution in [0.2, 0.25) is 0 Å². The molecule has 0 saturated carbocycles. The van der Waals surface area contributed by atoms with Crippen molar-refractivity contribution in [3.63, 3.8) is 0 Å². The van der Waals surface area contributed by atoms with Gasteiger partial charge in [-0.1, -0.05) is 18.2 Å². The normalized spacial score (nSPS) is 19.7. The smallest absolute Gasteiger partial charge is 0.0140 e. The predicted molar refractivity (Wildman–Crippen MR) is 44.6 cm³/mol. The van der Waals surface area contributed by atoms with Gasteiger partial charge in [0.2, 0.25) is 0 Å². The minimum absolute atomic E-state index is 1.20. The van der Waals surface area contributed by atoms with Crippen LogP contribution in [0, 0.1) is 0 Å². The molecule has 1 aliphatic carbocycles. The Morgan fingerprint density at radius 2 is 2.33 bits per heavy atom. The zero-order valence-corrected chi connectivity index (χ0v) is 6.63. The van der Waals surface area contributed by atoms with Crippen molar-refractivity contribution in [1.82, 2.24) is 0 Å². The molecule has 9 heavy (non-hydrogen) atoms. The fourth-order valence-corrected chi connectivity index (χ4v) is 1.66. The van der Waals surface area contributed by atoms with Crippen LogP contribution in [0.3, 0.4) is 0 Å². The summed E-state index contributed by atoms with van der Waals surface area (Å²) in [6.07, 6.45) is 8.11. The third kappa shape index (κ3) is 1.90. The summed E-state index contributed by atoms with van der Waals surface area (Å²) in [5.74, 6) is 0. The van der Waals surface area contributed by atoms with Crippen LogP contribution in [0.15, 0.2) is 23.1 Å². The molecule has 0 amide bonds. The molecule has 0 aliphatic heterocycles. The maximum absolute atomic E-state index is 3.92. The first kappa shape index (κ1) is 6.94. The second-order valence-electron chi connectivity index (χ2n) is 2.33. The molecule has 0 aromatic carbocycles. The second-order valence-corrected chi connectivity index (χ2v) is 3.26. The van der Waals surface area contributed by atoms with E-state index in [1.165, 1.54) is 29.7 Å². The predicted octanol–water partition coefficient (Wildman–Crippen LogP) is 2.97. The van der Waals surface area contributed by atoms with Gasteiger partial charge in [-0.3, -0.25) is 0 Å². The van der Waals surface area contributed by atoms with E-state index < -0.39 is 0 Å². The molecule has 0 heterocycles. The third-order valence-electron chi connectivity index (χ3n) is 1.55. The summed E-state index contributed by atoms with van der Waals surface area (Å²) in [5, 5.41) is 0. The molecule has 0 radical (unpaired) electrons. The lowest BCUT2D eigenvalue weighted by Gasteiger charge is -2.11. The van der Waals surface area contributed by atoms with Crippen molar-refractivity contribution in [1.29, 1.82) is 0 Å². The Balaban J connectivity index is 2.59. The lowest BCUT2D eigenvalue weighted by atomic mass is 10.0. The van der Waals surface area contributed by atoms with E-state index in [-0.39, 0.29) is 0 Å². The van der Waals surface area contributed by atoms with Gasteiger partial charge in [0, 0.05) is 0 Å². The molecule has 0 atom stereocenters. The molecule has 0 nitrogen and oxygen atoms in total. The van der Waals surface area contributed by atoms with Crippen LogP contribution in [-0.4, -0.2) is 6.26 Å². The summed E-state index contributed by atoms with van der Waals surface area (Å²) >= 11 is 1.85. The summed E-state index contributed by atoms with van der Waals surface area (Å²) in [6.45, 7) is 3.92. The van der Waals surface area contributed by atoms with E-state index in [4.69, 9.17) is 0 Å². The minimum atomic E-state index is 1.20. The molecule has 0 aromatic heterocycles. The molecule has 0 N–H and O–H groups in total. The van der Waals surface area contributed by atoms with E-state index in [0.29, 0.717) is 0 Å². The van der Waals surface area contributed by atoms with Gasteiger partial charge in [0.25, 0.3) is 0 Å². The van der Waals surface area contributed by atoms with E-state index in [1.54, 1.807) is 0 Å². The van der Waals surface area contributed by atoms with Crippen molar-refractivity contribution >= 4 is 11.8 Å². The first-order valence-corrected chi connectivity index (χ1v) is 4.48. The average molecular weight is 140 g/mol. The Hall–Kier alpha value is -0.170. The van der Waals surface area contributed by atoms with Crippen molar-refractivity contribution in [2.45, 2.75) is 19.3 Å². The highest BCUT2D eigenvalue weighted by atomic mass is 32.2. The molecule has 0 aromatic rings. The maximum Gasteiger partial charge on any atom is -0.0140 e. The van der Waals surface area contributed by atoms with E-state index in [2.05, 4.69) is 18.9 Å². The fraction of sp³-hybridized carbons (Fsp3) is 0.500. The molecule has 0 saturated heterocycles. The Labute approximate surface area is 61.0 Å². The number of hydrogen-bond donors (Lipinski definition) is 0. The van der Waals surface area contributed by atoms with Crippen molar-refractivity contribution in [3.05, 3.63) is 23.1 Å². The Kier molecular flexibility index (Phi) is 2.40. The number of allylic oxidation sites excluding steroid dienone is 3. The van der Waals surface area contributed by atoms with Crippen LogP contribution >= 0.6 is 11.8 Å². The van der Waals surface area contributed by atoms with Crippen molar-refractivity contribution in [3.8, 4) is 0 Å². The first-order chi connectivity index (χ1) is 4.33. The van der Waals surface area contributed by atoms with Gasteiger partial charge in [-0.2, -0.15) is 0 Å². The van der Waals surface area contributed by atoms with E-state index >= 15 is 0 Å². The lowest BCUT2D eigenvalue weighted by Crippen LogP contribution is -1.89. The van der Waals surface area contributed by atoms with Gasteiger partial charge in [-0.15, -0.1) is 11.8 Å². The number of rotatable bonds is 1.